The molecular weight excluding hydrogens is 397 g/mol. The first kappa shape index (κ1) is 19.3. The van der Waals surface area contributed by atoms with E-state index < -0.39 is 12.2 Å². The maximum atomic E-state index is 13.9. The number of aromatic nitrogens is 2. The molecule has 2 atom stereocenters. The van der Waals surface area contributed by atoms with Gasteiger partial charge in [-0.25, -0.2) is 4.98 Å². The summed E-state index contributed by atoms with van der Waals surface area (Å²) in [6.45, 7) is 2.79. The van der Waals surface area contributed by atoms with E-state index in [1.807, 2.05) is 17.5 Å². The highest BCUT2D eigenvalue weighted by Crippen LogP contribution is 2.48. The zero-order chi connectivity index (χ0) is 20.0. The summed E-state index contributed by atoms with van der Waals surface area (Å²) in [7, 11) is 0. The number of halogens is 3. The summed E-state index contributed by atoms with van der Waals surface area (Å²) in [5.74, 6) is 1.30. The molecule has 4 heterocycles. The van der Waals surface area contributed by atoms with Crippen LogP contribution in [0.5, 0.6) is 0 Å². The first-order valence-electron chi connectivity index (χ1n) is 10.5. The van der Waals surface area contributed by atoms with Gasteiger partial charge in [-0.3, -0.25) is 4.99 Å². The van der Waals surface area contributed by atoms with Crippen molar-refractivity contribution in [2.24, 2.45) is 10.9 Å². The van der Waals surface area contributed by atoms with Crippen LogP contribution in [0.3, 0.4) is 0 Å². The van der Waals surface area contributed by atoms with E-state index in [4.69, 9.17) is 0 Å². The first-order valence-corrected chi connectivity index (χ1v) is 11.4. The molecule has 1 saturated carbocycles. The number of nitrogens with zero attached hydrogens (tertiary/aromatic N) is 3. The van der Waals surface area contributed by atoms with Crippen molar-refractivity contribution in [2.75, 3.05) is 13.1 Å². The first-order chi connectivity index (χ1) is 14.0. The lowest BCUT2D eigenvalue weighted by Gasteiger charge is -2.28. The molecule has 2 unspecified atom stereocenters. The van der Waals surface area contributed by atoms with E-state index in [1.165, 1.54) is 11.3 Å². The summed E-state index contributed by atoms with van der Waals surface area (Å²) in [5, 5.41) is 5.34. The third kappa shape index (κ3) is 3.54. The van der Waals surface area contributed by atoms with Gasteiger partial charge in [0.05, 0.1) is 16.3 Å². The summed E-state index contributed by atoms with van der Waals surface area (Å²) in [5.41, 5.74) is 1.65. The molecule has 29 heavy (non-hydrogen) atoms. The summed E-state index contributed by atoms with van der Waals surface area (Å²) in [4.78, 5) is 9.69. The van der Waals surface area contributed by atoms with Gasteiger partial charge in [0.15, 0.2) is 11.9 Å². The van der Waals surface area contributed by atoms with Crippen molar-refractivity contribution in [1.29, 1.82) is 0 Å². The molecule has 2 aliphatic heterocycles. The number of imidazole rings is 1. The zero-order valence-corrected chi connectivity index (χ0v) is 17.0. The van der Waals surface area contributed by atoms with Crippen LogP contribution in [0.2, 0.25) is 0 Å². The van der Waals surface area contributed by atoms with Gasteiger partial charge in [-0.15, -0.1) is 11.3 Å². The molecule has 3 aliphatic rings. The topological polar surface area (TPSA) is 42.2 Å². The summed E-state index contributed by atoms with van der Waals surface area (Å²) in [6, 6.07) is 2.07. The van der Waals surface area contributed by atoms with E-state index in [2.05, 4.69) is 19.9 Å². The Morgan fingerprint density at radius 2 is 2.03 bits per heavy atom. The number of rotatable bonds is 4. The van der Waals surface area contributed by atoms with Crippen LogP contribution in [-0.2, 0) is 6.54 Å². The average Bonchev–Trinajstić information content (AvgIpc) is 3.43. The van der Waals surface area contributed by atoms with Crippen LogP contribution < -0.4 is 5.32 Å². The molecule has 5 rings (SSSR count). The van der Waals surface area contributed by atoms with Gasteiger partial charge in [-0.2, -0.15) is 13.2 Å². The maximum Gasteiger partial charge on any atom is 0.416 e. The number of hydrogen-bond acceptors (Lipinski definition) is 4. The molecular formula is C21H25F3N4S. The van der Waals surface area contributed by atoms with Crippen LogP contribution >= 0.6 is 11.3 Å². The van der Waals surface area contributed by atoms with Gasteiger partial charge in [0, 0.05) is 18.2 Å². The van der Waals surface area contributed by atoms with Gasteiger partial charge < -0.3 is 9.88 Å². The third-order valence-corrected chi connectivity index (χ3v) is 7.38. The predicted octanol–water partition coefficient (Wildman–Crippen LogP) is 5.33. The largest absolute Gasteiger partial charge is 0.416 e. The van der Waals surface area contributed by atoms with E-state index >= 15 is 0 Å². The van der Waals surface area contributed by atoms with E-state index in [1.54, 1.807) is 0 Å². The van der Waals surface area contributed by atoms with Crippen molar-refractivity contribution in [1.82, 2.24) is 14.9 Å². The maximum absolute atomic E-state index is 13.9. The molecule has 0 amide bonds. The Labute approximate surface area is 172 Å². The fourth-order valence-electron chi connectivity index (χ4n) is 5.09. The fraction of sp³-hybridized carbons (Fsp3) is 0.619. The summed E-state index contributed by atoms with van der Waals surface area (Å²) in [6.07, 6.45) is 1.29. The van der Waals surface area contributed by atoms with Gasteiger partial charge in [0.2, 0.25) is 0 Å². The Hall–Kier alpha value is -1.67. The lowest BCUT2D eigenvalue weighted by atomic mass is 9.92. The number of piperidine rings is 1. The Kier molecular flexibility index (Phi) is 5.02. The number of aliphatic imine (C=N–C) groups is 1. The monoisotopic (exact) mass is 422 g/mol. The molecule has 0 spiro atoms. The highest BCUT2D eigenvalue weighted by molar-refractivity contribution is 7.13. The van der Waals surface area contributed by atoms with Gasteiger partial charge in [-0.05, 0) is 69.0 Å². The van der Waals surface area contributed by atoms with Gasteiger partial charge >= 0.3 is 6.18 Å². The number of thiophene rings is 1. The number of fused-ring (bicyclic) bond motifs is 3. The second-order valence-electron chi connectivity index (χ2n) is 8.33. The van der Waals surface area contributed by atoms with E-state index in [-0.39, 0.29) is 11.6 Å². The van der Waals surface area contributed by atoms with E-state index in [0.29, 0.717) is 18.2 Å². The van der Waals surface area contributed by atoms with Crippen LogP contribution in [0.15, 0.2) is 22.5 Å². The average molecular weight is 423 g/mol. The van der Waals surface area contributed by atoms with Crippen molar-refractivity contribution in [3.8, 4) is 10.7 Å². The Morgan fingerprint density at radius 3 is 2.76 bits per heavy atom. The molecule has 0 radical (unpaired) electrons. The quantitative estimate of drug-likeness (QED) is 0.724. The smallest absolute Gasteiger partial charge is 0.326 e. The minimum atomic E-state index is -4.41. The third-order valence-electron chi connectivity index (χ3n) is 6.52. The van der Waals surface area contributed by atoms with Gasteiger partial charge in [0.25, 0.3) is 0 Å². The zero-order valence-electron chi connectivity index (χ0n) is 16.2. The summed E-state index contributed by atoms with van der Waals surface area (Å²) < 4.78 is 43.7. The predicted molar refractivity (Wildman–Crippen MR) is 109 cm³/mol. The molecule has 1 aliphatic carbocycles. The van der Waals surface area contributed by atoms with Crippen molar-refractivity contribution < 1.29 is 13.2 Å². The number of nitrogens with one attached hydrogen (secondary N) is 1. The standard InChI is InChI=1S/C21H25F3N4S/c22-21(23,24)19-17-18(14-3-1-4-15(14)26-19)28(11-8-13-6-9-25-10-7-13)20(27-17)16-5-2-12-29-16/h2,5,12-14,19,25H,1,3-4,6-11H2. The molecule has 1 saturated heterocycles. The van der Waals surface area contributed by atoms with Crippen molar-refractivity contribution >= 4 is 17.0 Å². The Balaban J connectivity index is 1.58. The molecule has 2 aromatic heterocycles. The molecule has 8 heteroatoms. The Bertz CT molecular complexity index is 894. The summed E-state index contributed by atoms with van der Waals surface area (Å²) >= 11 is 1.54. The molecule has 2 aromatic rings. The minimum absolute atomic E-state index is 0.00200. The number of hydrogen-bond donors (Lipinski definition) is 1. The molecule has 1 N–H and O–H groups in total. The lowest BCUT2D eigenvalue weighted by molar-refractivity contribution is -0.149. The minimum Gasteiger partial charge on any atom is -0.326 e. The van der Waals surface area contributed by atoms with Gasteiger partial charge in [0.1, 0.15) is 0 Å². The lowest BCUT2D eigenvalue weighted by Crippen LogP contribution is -2.29. The Morgan fingerprint density at radius 1 is 1.21 bits per heavy atom. The van der Waals surface area contributed by atoms with E-state index in [0.717, 1.165) is 68.0 Å². The van der Waals surface area contributed by atoms with Crippen molar-refractivity contribution in [3.63, 3.8) is 0 Å². The van der Waals surface area contributed by atoms with Crippen LogP contribution in [0.4, 0.5) is 13.2 Å². The molecule has 0 bridgehead atoms. The SMILES string of the molecule is FC(F)(F)C1N=C2CCCC2c2c1nc(-c1cccs1)n2CCC1CCNCC1. The highest BCUT2D eigenvalue weighted by atomic mass is 32.1. The van der Waals surface area contributed by atoms with Crippen molar-refractivity contribution in [3.05, 3.63) is 28.9 Å². The van der Waals surface area contributed by atoms with Gasteiger partial charge in [-0.1, -0.05) is 6.07 Å². The highest BCUT2D eigenvalue weighted by Gasteiger charge is 2.49. The molecule has 4 nitrogen and oxygen atoms in total. The van der Waals surface area contributed by atoms with Crippen LogP contribution in [0.25, 0.3) is 10.7 Å². The van der Waals surface area contributed by atoms with E-state index in [9.17, 15) is 13.2 Å². The molecule has 0 aromatic carbocycles. The van der Waals surface area contributed by atoms with Crippen LogP contribution in [-0.4, -0.2) is 34.5 Å². The van der Waals surface area contributed by atoms with Crippen LogP contribution in [0, 0.1) is 5.92 Å². The second-order valence-corrected chi connectivity index (χ2v) is 9.27. The fourth-order valence-corrected chi connectivity index (χ4v) is 5.81. The number of alkyl halides is 3. The van der Waals surface area contributed by atoms with Crippen molar-refractivity contribution in [2.45, 2.75) is 63.2 Å². The molecule has 2 fully saturated rings. The van der Waals surface area contributed by atoms with Crippen LogP contribution in [0.1, 0.15) is 61.9 Å². The second kappa shape index (κ2) is 7.54. The molecule has 156 valence electrons. The normalized spacial score (nSPS) is 25.0.